The normalized spacial score (nSPS) is 18.5. The number of aromatic nitrogens is 7. The molecular weight excluding hydrogens is 1200 g/mol. The number of furan rings is 3. The average molecular weight is 1330 g/mol. The lowest BCUT2D eigenvalue weighted by Crippen LogP contribution is -2.32. The van der Waals surface area contributed by atoms with Gasteiger partial charge in [-0.2, -0.15) is 4.57 Å². The Morgan fingerprint density at radius 2 is 0.827 bits per heavy atom. The molecule has 10 heteroatoms. The zero-order valence-electron chi connectivity index (χ0n) is 84.4. The first-order valence-electron chi connectivity index (χ1n) is 45.5. The number of hydrogen-bond donors (Lipinski definition) is 0. The summed E-state index contributed by atoms with van der Waals surface area (Å²) in [5.74, 6) is -6.59. The van der Waals surface area contributed by atoms with Gasteiger partial charge in [-0.25, -0.2) is 28.7 Å². The fraction of sp³-hybridized carbons (Fsp3) is 0.284. The molecule has 0 aliphatic heterocycles. The number of rotatable bonds is 7. The van der Waals surface area contributed by atoms with Gasteiger partial charge >= 0.3 is 0 Å². The number of para-hydroxylation sites is 1. The van der Waals surface area contributed by atoms with Gasteiger partial charge in [-0.05, 0) is 199 Å². The maximum absolute atomic E-state index is 8.68. The van der Waals surface area contributed by atoms with Crippen molar-refractivity contribution in [3.63, 3.8) is 0 Å². The van der Waals surface area contributed by atoms with Crippen molar-refractivity contribution >= 4 is 77.1 Å². The molecule has 15 aromatic rings. The van der Waals surface area contributed by atoms with Crippen molar-refractivity contribution in [2.75, 3.05) is 0 Å². The summed E-state index contributed by atoms with van der Waals surface area (Å²) in [4.78, 5) is 13.3. The predicted octanol–water partition coefficient (Wildman–Crippen LogP) is 20.8. The molecule has 496 valence electrons. The van der Waals surface area contributed by atoms with Gasteiger partial charge in [0.05, 0.1) is 22.1 Å². The van der Waals surface area contributed by atoms with Crippen LogP contribution in [0.15, 0.2) is 171 Å². The third-order valence-electron chi connectivity index (χ3n) is 18.1. The van der Waals surface area contributed by atoms with E-state index in [0.717, 1.165) is 27.6 Å². The summed E-state index contributed by atoms with van der Waals surface area (Å²) in [6.45, 7) is -4.64. The van der Waals surface area contributed by atoms with Crippen LogP contribution in [0.3, 0.4) is 0 Å². The average Bonchev–Trinajstić information content (AvgIpc) is 1.65. The van der Waals surface area contributed by atoms with E-state index in [0.29, 0.717) is 89.1 Å². The molecular formula is C88H95N7O3+4. The van der Waals surface area contributed by atoms with E-state index in [1.165, 1.54) is 95.9 Å². The quantitative estimate of drug-likeness (QED) is 0.148. The minimum absolute atomic E-state index is 0.0583. The van der Waals surface area contributed by atoms with E-state index < -0.39 is 72.5 Å². The summed E-state index contributed by atoms with van der Waals surface area (Å²) >= 11 is 0. The van der Waals surface area contributed by atoms with Gasteiger partial charge in [-0.15, -0.1) is 0 Å². The first kappa shape index (κ1) is 41.8. The molecule has 3 unspecified atom stereocenters. The Labute approximate surface area is 615 Å². The molecule has 0 spiro atoms. The number of pyridine rings is 7. The Balaban J connectivity index is 0.000000156. The summed E-state index contributed by atoms with van der Waals surface area (Å²) in [5.41, 5.74) is 13.5. The topological polar surface area (TPSA) is 93.6 Å². The van der Waals surface area contributed by atoms with E-state index in [1.807, 2.05) is 45.0 Å². The molecule has 10 aromatic heterocycles. The molecule has 0 N–H and O–H groups in total. The van der Waals surface area contributed by atoms with Crippen molar-refractivity contribution in [2.24, 2.45) is 28.2 Å². The molecule has 5 aromatic carbocycles. The second kappa shape index (κ2) is 27.0. The van der Waals surface area contributed by atoms with Crippen molar-refractivity contribution < 1.29 is 68.5 Å². The van der Waals surface area contributed by atoms with E-state index >= 15 is 0 Å². The van der Waals surface area contributed by atoms with Gasteiger partial charge < -0.3 is 13.3 Å². The molecule has 0 saturated heterocycles. The van der Waals surface area contributed by atoms with Gasteiger partial charge in [0, 0.05) is 139 Å². The van der Waals surface area contributed by atoms with Crippen molar-refractivity contribution in [3.05, 3.63) is 242 Å². The van der Waals surface area contributed by atoms with Crippen LogP contribution in [0.25, 0.3) is 122 Å². The smallest absolute Gasteiger partial charge is 0.227 e. The third-order valence-corrected chi connectivity index (χ3v) is 18.1. The van der Waals surface area contributed by atoms with Crippen LogP contribution in [-0.4, -0.2) is 15.0 Å². The summed E-state index contributed by atoms with van der Waals surface area (Å²) in [5, 5.41) is 4.72. The van der Waals surface area contributed by atoms with Crippen LogP contribution in [-0.2, 0) is 28.2 Å². The zero-order valence-corrected chi connectivity index (χ0v) is 57.4. The molecule has 3 atom stereocenters. The van der Waals surface area contributed by atoms with Crippen LogP contribution in [0.1, 0.15) is 180 Å². The molecule has 0 aliphatic carbocycles. The van der Waals surface area contributed by atoms with E-state index in [9.17, 15) is 0 Å². The number of nitrogens with zero attached hydrogens (tertiary/aromatic N) is 7. The monoisotopic (exact) mass is 1320 g/mol. The highest BCUT2D eigenvalue weighted by Gasteiger charge is 2.28. The Morgan fingerprint density at radius 3 is 1.39 bits per heavy atom. The molecule has 0 fully saturated rings. The lowest BCUT2D eigenvalue weighted by Gasteiger charge is -2.13. The molecule has 0 radical (unpaired) electrons. The van der Waals surface area contributed by atoms with Crippen molar-refractivity contribution in [1.29, 1.82) is 0 Å². The van der Waals surface area contributed by atoms with Crippen molar-refractivity contribution in [3.8, 4) is 45.0 Å². The fourth-order valence-electron chi connectivity index (χ4n) is 13.1. The van der Waals surface area contributed by atoms with Crippen molar-refractivity contribution in [1.82, 2.24) is 15.0 Å². The van der Waals surface area contributed by atoms with Gasteiger partial charge in [0.15, 0.2) is 35.3 Å². The second-order valence-electron chi connectivity index (χ2n) is 25.3. The van der Waals surface area contributed by atoms with Crippen LogP contribution in [0, 0.1) is 82.7 Å². The number of benzene rings is 5. The minimum atomic E-state index is -2.82. The van der Waals surface area contributed by atoms with E-state index in [-0.39, 0.29) is 61.5 Å². The maximum atomic E-state index is 8.68. The SMILES string of the molecule is Cc1ccccc1-c1ccc2ccccc2[n+]1C.[2H]C([2H])([2H])c1c[n+](C)c(-c2c(C)cc(C([2H])([2H])[2H])c3c2oc2nc(C)ccc23)cc1C([2H])(C)C([2H])([2H])[2H].[2H]C([2H])([2H])c1c[n+](C)c(-c2c(C)ccc3c2oc2nc(C)cc(C([2H])([2H])[2H])c23)cc1C([2H])(C)C([2H])([2H])[2H].[2H]C([2H])([2H])c1c[n+](C)c(-c2c(C)ccc3c2oc2nc(C)ccc23)cc1C([2H])(C)C([2H])([2H])[2H]. The molecule has 0 bridgehead atoms. The second-order valence-corrected chi connectivity index (χ2v) is 25.3. The van der Waals surface area contributed by atoms with Crippen LogP contribution < -0.4 is 18.3 Å². The lowest BCUT2D eigenvalue weighted by atomic mass is 9.93. The fourth-order valence-corrected chi connectivity index (χ4v) is 13.1. The Kier molecular flexibility index (Phi) is 11.5. The van der Waals surface area contributed by atoms with Crippen LogP contribution in [0.4, 0.5) is 0 Å². The lowest BCUT2D eigenvalue weighted by molar-refractivity contribution is -0.660. The minimum Gasteiger partial charge on any atom is -0.437 e. The summed E-state index contributed by atoms with van der Waals surface area (Å²) in [7, 11) is 7.07. The highest BCUT2D eigenvalue weighted by molar-refractivity contribution is 6.12. The van der Waals surface area contributed by atoms with Gasteiger partial charge in [-0.1, -0.05) is 102 Å². The van der Waals surface area contributed by atoms with Crippen LogP contribution in [0.2, 0.25) is 0 Å². The summed E-state index contributed by atoms with van der Waals surface area (Å²) in [6.07, 6.45) is 4.04. The Morgan fingerprint density at radius 1 is 0.367 bits per heavy atom. The number of aryl methyl sites for hydroxylation is 16. The highest BCUT2D eigenvalue weighted by atomic mass is 16.3. The molecule has 15 rings (SSSR count). The standard InChI is InChI=1S/2C24H27N2O.C23H25N2O.C17H16N/c1-13(2)19-11-20(26(7)12-16(19)5)22-15(4)10-14(3)21-18-9-8-17(6)25-24(18)27-23(21)22;1-13(2)19-11-20(26(7)12-16(19)5)22-14(3)8-9-18-21-15(4)10-17(6)25-24(21)27-23(18)22;1-13(2)19-11-20(25(6)12-15(19)4)21-14(3)7-9-17-18-10-8-16(5)24-23(18)26-22(17)21;1-13-7-3-5-9-15(13)17-12-11-14-8-4-6-10-16(14)18(17)2/h2*8-13H,1-7H3;7-13H,1-6H3;3-12H,1-2H3/q4*+1/i1D3,3D3,5D3,13D;1D3,4D3,5D3,13D;1D3,4D3,13D;. The summed E-state index contributed by atoms with van der Waals surface area (Å²) < 4.78 is 243. The molecule has 98 heavy (non-hydrogen) atoms. The van der Waals surface area contributed by atoms with Gasteiger partial charge in [-0.3, -0.25) is 0 Å². The van der Waals surface area contributed by atoms with Gasteiger partial charge in [0.1, 0.15) is 28.2 Å². The number of fused-ring (bicyclic) bond motifs is 10. The molecule has 0 saturated carbocycles. The first-order chi connectivity index (χ1) is 57.4. The summed E-state index contributed by atoms with van der Waals surface area (Å²) in [6, 6.07) is 43.5. The molecule has 0 aliphatic rings. The predicted molar refractivity (Wildman–Crippen MR) is 404 cm³/mol. The van der Waals surface area contributed by atoms with Crippen LogP contribution >= 0.6 is 0 Å². The largest absolute Gasteiger partial charge is 0.437 e. The molecule has 0 amide bonds. The number of hydrogen-bond acceptors (Lipinski definition) is 6. The highest BCUT2D eigenvalue weighted by Crippen LogP contribution is 2.42. The van der Waals surface area contributed by atoms with Gasteiger partial charge in [0.25, 0.3) is 0 Å². The first-order valence-corrected chi connectivity index (χ1v) is 32.0. The van der Waals surface area contributed by atoms with E-state index in [1.54, 1.807) is 81.4 Å². The zero-order chi connectivity index (χ0) is 92.8. The Bertz CT molecular complexity index is 6790. The van der Waals surface area contributed by atoms with Crippen molar-refractivity contribution in [2.45, 2.75) is 142 Å². The van der Waals surface area contributed by atoms with E-state index in [4.69, 9.17) is 50.3 Å². The van der Waals surface area contributed by atoms with Gasteiger partial charge in [0.2, 0.25) is 45.4 Å². The maximum Gasteiger partial charge on any atom is 0.227 e. The Hall–Kier alpha value is -10.2. The van der Waals surface area contributed by atoms with Crippen LogP contribution in [0.5, 0.6) is 0 Å². The molecule has 10 heterocycles. The van der Waals surface area contributed by atoms with E-state index in [2.05, 4.69) is 94.2 Å². The third kappa shape index (κ3) is 12.7. The molecule has 10 nitrogen and oxygen atoms in total.